The molecule has 3 aromatic rings. The molecule has 0 saturated heterocycles. The van der Waals surface area contributed by atoms with E-state index in [0.717, 1.165) is 47.8 Å². The predicted molar refractivity (Wildman–Crippen MR) is 157 cm³/mol. The molecule has 0 bridgehead atoms. The highest BCUT2D eigenvalue weighted by atomic mass is 32.1. The SMILES string of the molecule is COc1ccccc1CNCCC(=O)N1CCc2nc(C3CCC3)n(-c3ccccc3)c(=O)c2C1S.O=C(O)C(F)(F)F. The number of methoxy groups -OCH3 is 1. The Kier molecular flexibility index (Phi) is 10.5. The molecule has 1 fully saturated rings. The first-order valence-corrected chi connectivity index (χ1v) is 14.4. The maximum Gasteiger partial charge on any atom is 0.490 e. The van der Waals surface area contributed by atoms with Crippen molar-refractivity contribution in [3.05, 3.63) is 87.6 Å². The number of alkyl halides is 3. The number of rotatable bonds is 8. The zero-order valence-corrected chi connectivity index (χ0v) is 24.4. The van der Waals surface area contributed by atoms with Crippen LogP contribution in [0.25, 0.3) is 5.69 Å². The molecule has 1 amide bonds. The molecule has 2 N–H and O–H groups in total. The topological polar surface area (TPSA) is 114 Å². The summed E-state index contributed by atoms with van der Waals surface area (Å²) in [4.78, 5) is 42.6. The summed E-state index contributed by atoms with van der Waals surface area (Å²) in [6, 6.07) is 17.5. The molecule has 43 heavy (non-hydrogen) atoms. The number of carbonyl (C=O) groups excluding carboxylic acids is 1. The molecular weight excluding hydrogens is 585 g/mol. The van der Waals surface area contributed by atoms with E-state index in [1.165, 1.54) is 0 Å². The number of carbonyl (C=O) groups is 2. The van der Waals surface area contributed by atoms with E-state index >= 15 is 0 Å². The third-order valence-electron chi connectivity index (χ3n) is 7.44. The number of carboxylic acids is 1. The Morgan fingerprint density at radius 2 is 1.77 bits per heavy atom. The maximum atomic E-state index is 13.8. The summed E-state index contributed by atoms with van der Waals surface area (Å²) in [5.74, 6) is -0.815. The lowest BCUT2D eigenvalue weighted by atomic mass is 9.84. The van der Waals surface area contributed by atoms with Crippen LogP contribution in [-0.4, -0.2) is 57.8 Å². The Morgan fingerprint density at radius 1 is 1.12 bits per heavy atom. The summed E-state index contributed by atoms with van der Waals surface area (Å²) in [6.07, 6.45) is -0.933. The van der Waals surface area contributed by atoms with Gasteiger partial charge < -0.3 is 20.1 Å². The predicted octanol–water partition coefficient (Wildman–Crippen LogP) is 4.63. The first kappa shape index (κ1) is 32.1. The molecule has 1 unspecified atom stereocenters. The normalized spacial score (nSPS) is 16.4. The van der Waals surface area contributed by atoms with Crippen molar-refractivity contribution in [3.63, 3.8) is 0 Å². The van der Waals surface area contributed by atoms with Crippen molar-refractivity contribution < 1.29 is 32.6 Å². The number of hydrogen-bond acceptors (Lipinski definition) is 7. The summed E-state index contributed by atoms with van der Waals surface area (Å²) >= 11 is 4.77. The van der Waals surface area contributed by atoms with Gasteiger partial charge in [-0.25, -0.2) is 9.78 Å². The monoisotopic (exact) mass is 618 g/mol. The van der Waals surface area contributed by atoms with Gasteiger partial charge in [0.05, 0.1) is 24.1 Å². The van der Waals surface area contributed by atoms with Crippen molar-refractivity contribution >= 4 is 24.5 Å². The average Bonchev–Trinajstić information content (AvgIpc) is 2.95. The van der Waals surface area contributed by atoms with Crippen LogP contribution in [-0.2, 0) is 22.6 Å². The Morgan fingerprint density at radius 3 is 2.37 bits per heavy atom. The van der Waals surface area contributed by atoms with Crippen molar-refractivity contribution in [2.24, 2.45) is 0 Å². The van der Waals surface area contributed by atoms with Gasteiger partial charge in [0, 0.05) is 44.0 Å². The molecular formula is C30H33F3N4O5S. The van der Waals surface area contributed by atoms with Crippen LogP contribution in [0.4, 0.5) is 13.2 Å². The minimum Gasteiger partial charge on any atom is -0.496 e. The van der Waals surface area contributed by atoms with Crippen LogP contribution in [0, 0.1) is 0 Å². The van der Waals surface area contributed by atoms with Gasteiger partial charge in [-0.2, -0.15) is 13.2 Å². The highest BCUT2D eigenvalue weighted by Gasteiger charge is 2.38. The second-order valence-electron chi connectivity index (χ2n) is 10.2. The molecule has 1 aliphatic heterocycles. The second kappa shape index (κ2) is 14.1. The van der Waals surface area contributed by atoms with Crippen molar-refractivity contribution in [3.8, 4) is 11.4 Å². The van der Waals surface area contributed by atoms with E-state index in [4.69, 9.17) is 32.3 Å². The molecule has 1 saturated carbocycles. The number of thiol groups is 1. The van der Waals surface area contributed by atoms with E-state index in [1.54, 1.807) is 16.6 Å². The number of carboxylic acid groups (broad SMARTS) is 1. The number of para-hydroxylation sites is 2. The molecule has 2 aliphatic rings. The van der Waals surface area contributed by atoms with Crippen LogP contribution >= 0.6 is 12.6 Å². The van der Waals surface area contributed by atoms with Gasteiger partial charge in [0.1, 0.15) is 16.9 Å². The summed E-state index contributed by atoms with van der Waals surface area (Å²) in [5.41, 5.74) is 3.05. The minimum atomic E-state index is -5.08. The molecule has 1 atom stereocenters. The molecule has 13 heteroatoms. The maximum absolute atomic E-state index is 13.8. The second-order valence-corrected chi connectivity index (χ2v) is 10.7. The first-order valence-electron chi connectivity index (χ1n) is 13.8. The number of halogens is 3. The van der Waals surface area contributed by atoms with Gasteiger partial charge >= 0.3 is 12.1 Å². The number of fused-ring (bicyclic) bond motifs is 1. The zero-order chi connectivity index (χ0) is 31.1. The number of benzene rings is 2. The molecule has 1 aromatic heterocycles. The standard InChI is InChI=1S/C28H32N4O3S.C2HF3O2/c1-35-23-13-6-5-8-20(23)18-29-16-14-24(33)31-17-15-22-25(28(31)36)27(34)32(21-11-3-2-4-12-21)26(30-22)19-9-7-10-19;3-2(4,5)1(6)7/h2-6,8,11-13,19,28-29,36H,7,9-10,14-18H2,1H3;(H,6,7). The summed E-state index contributed by atoms with van der Waals surface area (Å²) in [5, 5.41) is 9.84. The lowest BCUT2D eigenvalue weighted by Crippen LogP contribution is -2.44. The lowest BCUT2D eigenvalue weighted by molar-refractivity contribution is -0.192. The van der Waals surface area contributed by atoms with Crippen molar-refractivity contribution in [1.82, 2.24) is 19.8 Å². The fourth-order valence-electron chi connectivity index (χ4n) is 4.99. The van der Waals surface area contributed by atoms with Gasteiger partial charge in [0.25, 0.3) is 5.56 Å². The molecule has 0 spiro atoms. The summed E-state index contributed by atoms with van der Waals surface area (Å²) in [6.45, 7) is 1.65. The quantitative estimate of drug-likeness (QED) is 0.249. The minimum absolute atomic E-state index is 0.0260. The van der Waals surface area contributed by atoms with Gasteiger partial charge in [-0.1, -0.05) is 42.8 Å². The molecule has 9 nitrogen and oxygen atoms in total. The van der Waals surface area contributed by atoms with E-state index in [9.17, 15) is 22.8 Å². The molecule has 1 aliphatic carbocycles. The lowest BCUT2D eigenvalue weighted by Gasteiger charge is -2.35. The van der Waals surface area contributed by atoms with Crippen LogP contribution in [0.2, 0.25) is 0 Å². The van der Waals surface area contributed by atoms with Crippen LogP contribution in [0.1, 0.15) is 59.6 Å². The summed E-state index contributed by atoms with van der Waals surface area (Å²) < 4.78 is 38.9. The van der Waals surface area contributed by atoms with Crippen molar-refractivity contribution in [2.45, 2.75) is 56.1 Å². The van der Waals surface area contributed by atoms with Gasteiger partial charge in [-0.05, 0) is 31.0 Å². The number of aliphatic carboxylic acids is 1. The van der Waals surface area contributed by atoms with E-state index in [0.29, 0.717) is 44.0 Å². The van der Waals surface area contributed by atoms with Crippen LogP contribution in [0.5, 0.6) is 5.75 Å². The fraction of sp³-hybridized carbons (Fsp3) is 0.400. The largest absolute Gasteiger partial charge is 0.496 e. The number of ether oxygens (including phenoxy) is 1. The van der Waals surface area contributed by atoms with Gasteiger partial charge in [0.2, 0.25) is 5.91 Å². The molecule has 2 aromatic carbocycles. The van der Waals surface area contributed by atoms with Crippen LogP contribution in [0.3, 0.4) is 0 Å². The Labute approximate surface area is 252 Å². The van der Waals surface area contributed by atoms with Crippen LogP contribution in [0.15, 0.2) is 59.4 Å². The number of nitrogens with zero attached hydrogens (tertiary/aromatic N) is 3. The average molecular weight is 619 g/mol. The number of aromatic nitrogens is 2. The number of hydrogen-bond donors (Lipinski definition) is 3. The highest BCUT2D eigenvalue weighted by molar-refractivity contribution is 7.80. The molecule has 0 radical (unpaired) electrons. The van der Waals surface area contributed by atoms with E-state index in [2.05, 4.69) is 5.32 Å². The first-order chi connectivity index (χ1) is 20.5. The van der Waals surface area contributed by atoms with Gasteiger partial charge in [0.15, 0.2) is 0 Å². The van der Waals surface area contributed by atoms with Crippen molar-refractivity contribution in [1.29, 1.82) is 0 Å². The van der Waals surface area contributed by atoms with Crippen molar-refractivity contribution in [2.75, 3.05) is 20.2 Å². The van der Waals surface area contributed by atoms with Gasteiger partial charge in [-0.3, -0.25) is 14.2 Å². The molecule has 5 rings (SSSR count). The summed E-state index contributed by atoms with van der Waals surface area (Å²) in [7, 11) is 1.65. The zero-order valence-electron chi connectivity index (χ0n) is 23.5. The van der Waals surface area contributed by atoms with Crippen LogP contribution < -0.4 is 15.6 Å². The number of nitrogens with one attached hydrogen (secondary N) is 1. The molecule has 2 heterocycles. The Balaban J connectivity index is 0.000000541. The highest BCUT2D eigenvalue weighted by Crippen LogP contribution is 2.38. The van der Waals surface area contributed by atoms with E-state index < -0.39 is 17.5 Å². The number of amides is 1. The third-order valence-corrected chi connectivity index (χ3v) is 7.97. The Hall–Kier alpha value is -3.84. The van der Waals surface area contributed by atoms with Gasteiger partial charge in [-0.15, -0.1) is 12.6 Å². The molecule has 230 valence electrons. The van der Waals surface area contributed by atoms with E-state index in [-0.39, 0.29) is 11.5 Å². The smallest absolute Gasteiger partial charge is 0.490 e. The fourth-order valence-corrected chi connectivity index (χ4v) is 5.49. The Bertz CT molecular complexity index is 1500. The van der Waals surface area contributed by atoms with E-state index in [1.807, 2.05) is 54.6 Å². The third kappa shape index (κ3) is 7.57.